The summed E-state index contributed by atoms with van der Waals surface area (Å²) in [5.41, 5.74) is 0. The van der Waals surface area contributed by atoms with Crippen molar-refractivity contribution in [2.45, 2.75) is 193 Å². The van der Waals surface area contributed by atoms with Crippen molar-refractivity contribution in [3.05, 3.63) is 0 Å². The van der Waals surface area contributed by atoms with Crippen LogP contribution in [0.5, 0.6) is 0 Å². The van der Waals surface area contributed by atoms with E-state index in [1.54, 1.807) is 0 Å². The summed E-state index contributed by atoms with van der Waals surface area (Å²) in [7, 11) is 3.67. The van der Waals surface area contributed by atoms with Gasteiger partial charge in [0.1, 0.15) is 26.3 Å². The molecule has 0 N–H and O–H groups in total. The third-order valence-corrected chi connectivity index (χ3v) is 12.1. The minimum atomic E-state index is -4.16. The van der Waals surface area contributed by atoms with Gasteiger partial charge >= 0.3 is 0 Å². The minimum Gasteiger partial charge on any atom is -0.756 e. The standard InChI is InChI=1S/C42H90N2O8P2/c1-43(2,3)37-41-51-53(45,46)49-39-35-33-31-29-27-25-23-21-19-17-15-13-11-9-7-8-10-12-14-16-18-20-22-24-26-28-30-32-34-36-40-50-54(47,48)52-42-38-44(4,5)6/h7-42H2,1-6H3. The Bertz CT molecular complexity index is 842. The average molecular weight is 813 g/mol. The molecule has 0 bridgehead atoms. The molecule has 0 aromatic heterocycles. The van der Waals surface area contributed by atoms with Crippen LogP contribution in [0.1, 0.15) is 193 Å². The van der Waals surface area contributed by atoms with Gasteiger partial charge in [0, 0.05) is 0 Å². The van der Waals surface area contributed by atoms with Gasteiger partial charge in [-0.25, -0.2) is 0 Å². The molecule has 0 aliphatic heterocycles. The third kappa shape index (κ3) is 44.8. The molecule has 54 heavy (non-hydrogen) atoms. The molecule has 12 heteroatoms. The predicted octanol–water partition coefficient (Wildman–Crippen LogP) is 11.1. The number of nitrogens with zero attached hydrogens (tertiary/aromatic N) is 2. The summed E-state index contributed by atoms with van der Waals surface area (Å²) in [4.78, 5) is 23.6. The van der Waals surface area contributed by atoms with E-state index in [4.69, 9.17) is 18.1 Å². The van der Waals surface area contributed by atoms with Crippen LogP contribution in [0.2, 0.25) is 0 Å². The fourth-order valence-corrected chi connectivity index (χ4v) is 7.90. The number of rotatable bonds is 43. The number of hydrogen-bond donors (Lipinski definition) is 0. The molecule has 10 nitrogen and oxygen atoms in total. The predicted molar refractivity (Wildman–Crippen MR) is 223 cm³/mol. The van der Waals surface area contributed by atoms with E-state index in [0.717, 1.165) is 38.5 Å². The van der Waals surface area contributed by atoms with E-state index >= 15 is 0 Å². The normalized spacial score (nSPS) is 14.7. The second kappa shape index (κ2) is 35.1. The maximum Gasteiger partial charge on any atom is 0.268 e. The fraction of sp³-hybridized carbons (Fsp3) is 1.00. The maximum atomic E-state index is 11.8. The Kier molecular flexibility index (Phi) is 35.2. The fourth-order valence-electron chi connectivity index (χ4n) is 6.43. The zero-order valence-electron chi connectivity index (χ0n) is 36.5. The summed E-state index contributed by atoms with van der Waals surface area (Å²) < 4.78 is 44.7. The van der Waals surface area contributed by atoms with Gasteiger partial charge in [0.15, 0.2) is 0 Å². The number of phosphoric ester groups is 2. The Labute approximate surface area is 335 Å². The molecule has 0 aromatic rings. The summed E-state index contributed by atoms with van der Waals surface area (Å²) in [6.07, 6.45) is 38.6. The SMILES string of the molecule is C[N+](C)(C)CCOP(=O)([O-])OCCCCCCCCCCCCCCCCCCCCCCCCCCCCCCCCOP(=O)([O-])OCC[N+](C)(C)C. The lowest BCUT2D eigenvalue weighted by Gasteiger charge is -2.27. The van der Waals surface area contributed by atoms with E-state index in [1.165, 1.54) is 154 Å². The Morgan fingerprint density at radius 1 is 0.296 bits per heavy atom. The molecule has 0 saturated heterocycles. The van der Waals surface area contributed by atoms with Crippen molar-refractivity contribution in [2.75, 3.05) is 81.8 Å². The molecule has 0 aromatic carbocycles. The van der Waals surface area contributed by atoms with Gasteiger partial charge in [-0.3, -0.25) is 9.13 Å². The first-order chi connectivity index (χ1) is 25.6. The van der Waals surface area contributed by atoms with Gasteiger partial charge in [-0.2, -0.15) is 0 Å². The van der Waals surface area contributed by atoms with Gasteiger partial charge in [0.2, 0.25) is 0 Å². The molecule has 0 amide bonds. The van der Waals surface area contributed by atoms with Gasteiger partial charge in [-0.1, -0.05) is 180 Å². The zero-order chi connectivity index (χ0) is 40.3. The third-order valence-electron chi connectivity index (χ3n) is 10.1. The van der Waals surface area contributed by atoms with Crippen molar-refractivity contribution in [3.8, 4) is 0 Å². The van der Waals surface area contributed by atoms with Crippen LogP contribution >= 0.6 is 15.6 Å². The molecular formula is C42H90N2O8P2. The summed E-state index contributed by atoms with van der Waals surface area (Å²) in [5.74, 6) is 0. The summed E-state index contributed by atoms with van der Waals surface area (Å²) >= 11 is 0. The van der Waals surface area contributed by atoms with Crippen molar-refractivity contribution in [2.24, 2.45) is 0 Å². The van der Waals surface area contributed by atoms with Crippen molar-refractivity contribution in [1.82, 2.24) is 0 Å². The maximum absolute atomic E-state index is 11.8. The summed E-state index contributed by atoms with van der Waals surface area (Å²) in [5, 5.41) is 0. The lowest BCUT2D eigenvalue weighted by Crippen LogP contribution is -2.37. The molecule has 0 aliphatic carbocycles. The summed E-state index contributed by atoms with van der Waals surface area (Å²) in [6, 6.07) is 0. The number of unbranched alkanes of at least 4 members (excludes halogenated alkanes) is 29. The largest absolute Gasteiger partial charge is 0.756 e. The van der Waals surface area contributed by atoms with Crippen LogP contribution in [0, 0.1) is 0 Å². The average Bonchev–Trinajstić information content (AvgIpc) is 3.07. The van der Waals surface area contributed by atoms with E-state index in [9.17, 15) is 18.9 Å². The van der Waals surface area contributed by atoms with Gasteiger partial charge in [-0.05, 0) is 12.8 Å². The second-order valence-corrected chi connectivity index (χ2v) is 20.7. The highest BCUT2D eigenvalue weighted by Crippen LogP contribution is 2.39. The molecule has 2 atom stereocenters. The zero-order valence-corrected chi connectivity index (χ0v) is 38.3. The monoisotopic (exact) mass is 813 g/mol. The topological polar surface area (TPSA) is 117 Å². The molecule has 0 aliphatic rings. The second-order valence-electron chi connectivity index (χ2n) is 17.9. The van der Waals surface area contributed by atoms with E-state index in [0.29, 0.717) is 22.1 Å². The molecule has 0 saturated carbocycles. The van der Waals surface area contributed by atoms with Crippen LogP contribution in [0.3, 0.4) is 0 Å². The summed E-state index contributed by atoms with van der Waals surface area (Å²) in [6.45, 7) is 2.03. The van der Waals surface area contributed by atoms with Crippen LogP contribution in [-0.4, -0.2) is 90.8 Å². The van der Waals surface area contributed by atoms with E-state index in [-0.39, 0.29) is 26.4 Å². The van der Waals surface area contributed by atoms with Crippen LogP contribution in [0.4, 0.5) is 0 Å². The Balaban J connectivity index is 3.23. The Morgan fingerprint density at radius 2 is 0.444 bits per heavy atom. The number of quaternary nitrogens is 2. The van der Waals surface area contributed by atoms with Crippen LogP contribution in [-0.2, 0) is 27.2 Å². The molecule has 0 radical (unpaired) electrons. The van der Waals surface area contributed by atoms with E-state index in [1.807, 2.05) is 42.3 Å². The van der Waals surface area contributed by atoms with Gasteiger partial charge in [-0.15, -0.1) is 0 Å². The van der Waals surface area contributed by atoms with Crippen molar-refractivity contribution in [1.29, 1.82) is 0 Å². The molecule has 2 unspecified atom stereocenters. The van der Waals surface area contributed by atoms with Crippen molar-refractivity contribution in [3.63, 3.8) is 0 Å². The number of likely N-dealkylation sites (N-methyl/N-ethyl adjacent to an activating group) is 2. The lowest BCUT2D eigenvalue weighted by atomic mass is 10.0. The smallest absolute Gasteiger partial charge is 0.268 e. The van der Waals surface area contributed by atoms with Crippen LogP contribution in [0.15, 0.2) is 0 Å². The van der Waals surface area contributed by atoms with E-state index in [2.05, 4.69) is 0 Å². The van der Waals surface area contributed by atoms with Gasteiger partial charge < -0.3 is 36.8 Å². The highest BCUT2D eigenvalue weighted by Gasteiger charge is 2.14. The Hall–Kier alpha value is 0.140. The Morgan fingerprint density at radius 3 is 0.611 bits per heavy atom. The molecule has 0 heterocycles. The minimum absolute atomic E-state index is 0.161. The van der Waals surface area contributed by atoms with E-state index < -0.39 is 15.6 Å². The highest BCUT2D eigenvalue weighted by molar-refractivity contribution is 7.46. The van der Waals surface area contributed by atoms with Crippen LogP contribution in [0.25, 0.3) is 0 Å². The van der Waals surface area contributed by atoms with Gasteiger partial charge in [0.05, 0.1) is 55.5 Å². The quantitative estimate of drug-likeness (QED) is 0.0339. The first kappa shape index (κ1) is 54.1. The first-order valence-electron chi connectivity index (χ1n) is 22.4. The molecule has 0 spiro atoms. The van der Waals surface area contributed by atoms with Crippen molar-refractivity contribution < 1.29 is 46.0 Å². The number of phosphoric acid groups is 2. The molecule has 0 rings (SSSR count). The van der Waals surface area contributed by atoms with Crippen molar-refractivity contribution >= 4 is 15.6 Å². The molecule has 326 valence electrons. The first-order valence-corrected chi connectivity index (χ1v) is 25.4. The van der Waals surface area contributed by atoms with Crippen LogP contribution < -0.4 is 9.79 Å². The highest BCUT2D eigenvalue weighted by atomic mass is 31.2. The molecular weight excluding hydrogens is 722 g/mol. The lowest BCUT2D eigenvalue weighted by molar-refractivity contribution is -0.870. The number of hydrogen-bond acceptors (Lipinski definition) is 8. The molecule has 0 fully saturated rings. The van der Waals surface area contributed by atoms with Gasteiger partial charge in [0.25, 0.3) is 15.6 Å².